The zero-order valence-corrected chi connectivity index (χ0v) is 24.5. The predicted octanol–water partition coefficient (Wildman–Crippen LogP) is 9.17. The fourth-order valence-corrected chi connectivity index (χ4v) is 4.36. The average molecular weight is 662 g/mol. The Balaban J connectivity index is 4.07. The summed E-state index contributed by atoms with van der Waals surface area (Å²) in [6.45, 7) is 5.39. The molecule has 0 aliphatic rings. The highest BCUT2D eigenvalue weighted by Crippen LogP contribution is 2.15. The first-order valence-corrected chi connectivity index (χ1v) is 15.6. The van der Waals surface area contributed by atoms with Gasteiger partial charge in [0, 0.05) is 26.1 Å². The van der Waals surface area contributed by atoms with Gasteiger partial charge in [0.25, 0.3) is 0 Å². The van der Waals surface area contributed by atoms with Gasteiger partial charge in [0.05, 0.1) is 0 Å². The molecule has 0 fully saturated rings. The lowest BCUT2D eigenvalue weighted by Gasteiger charge is -2.24. The minimum Gasteiger partial charge on any atom is -0.353 e. The Labute approximate surface area is 220 Å². The summed E-state index contributed by atoms with van der Waals surface area (Å²) in [5.41, 5.74) is 0. The van der Waals surface area contributed by atoms with Crippen LogP contribution in [0.25, 0.3) is 0 Å². The predicted molar refractivity (Wildman–Crippen MR) is 153 cm³/mol. The lowest BCUT2D eigenvalue weighted by molar-refractivity contribution is -0.246. The van der Waals surface area contributed by atoms with Crippen molar-refractivity contribution < 1.29 is 14.2 Å². The van der Waals surface area contributed by atoms with Crippen LogP contribution >= 0.6 is 45.2 Å². The number of allylic oxidation sites excluding steroid dienone is 4. The van der Waals surface area contributed by atoms with E-state index in [0.717, 1.165) is 25.7 Å². The van der Waals surface area contributed by atoms with Gasteiger partial charge in [0.2, 0.25) is 0 Å². The third-order valence-electron chi connectivity index (χ3n) is 4.99. The third kappa shape index (κ3) is 23.8. The van der Waals surface area contributed by atoms with Crippen LogP contribution in [-0.2, 0) is 14.2 Å². The number of ether oxygens (including phenoxy) is 3. The Morgan fingerprint density at radius 3 is 1.32 bits per heavy atom. The molecule has 0 aromatic carbocycles. The molecule has 0 amide bonds. The molecule has 0 aromatic rings. The SMILES string of the molecule is CCOC(CCC=CCCCCCCI)OC(CCC=CCCCCCCI)OCC. The first-order valence-electron chi connectivity index (χ1n) is 12.6. The molecule has 0 radical (unpaired) electrons. The zero-order chi connectivity index (χ0) is 22.8. The van der Waals surface area contributed by atoms with Crippen LogP contribution in [0, 0.1) is 0 Å². The van der Waals surface area contributed by atoms with Crippen LogP contribution in [0.15, 0.2) is 24.3 Å². The van der Waals surface area contributed by atoms with Gasteiger partial charge in [-0.3, -0.25) is 0 Å². The van der Waals surface area contributed by atoms with E-state index in [9.17, 15) is 0 Å². The average Bonchev–Trinajstić information content (AvgIpc) is 2.77. The van der Waals surface area contributed by atoms with Crippen LogP contribution in [0.3, 0.4) is 0 Å². The molecule has 0 rings (SSSR count). The van der Waals surface area contributed by atoms with Crippen molar-refractivity contribution >= 4 is 45.2 Å². The maximum absolute atomic E-state index is 6.16. The molecule has 2 atom stereocenters. The van der Waals surface area contributed by atoms with Gasteiger partial charge in [-0.2, -0.15) is 0 Å². The van der Waals surface area contributed by atoms with Crippen LogP contribution in [-0.4, -0.2) is 34.6 Å². The van der Waals surface area contributed by atoms with Crippen molar-refractivity contribution in [3.05, 3.63) is 24.3 Å². The summed E-state index contributed by atoms with van der Waals surface area (Å²) in [6.07, 6.45) is 25.7. The van der Waals surface area contributed by atoms with Gasteiger partial charge in [-0.05, 0) is 74.1 Å². The van der Waals surface area contributed by atoms with E-state index in [1.807, 2.05) is 13.8 Å². The van der Waals surface area contributed by atoms with E-state index in [-0.39, 0.29) is 12.6 Å². The zero-order valence-electron chi connectivity index (χ0n) is 20.2. The van der Waals surface area contributed by atoms with Crippen molar-refractivity contribution in [2.75, 3.05) is 22.1 Å². The van der Waals surface area contributed by atoms with Gasteiger partial charge in [-0.25, -0.2) is 0 Å². The first kappa shape index (κ1) is 31.8. The van der Waals surface area contributed by atoms with Gasteiger partial charge in [-0.1, -0.05) is 95.2 Å². The molecule has 0 bridgehead atoms. The number of rotatable bonds is 24. The summed E-state index contributed by atoms with van der Waals surface area (Å²) in [5.74, 6) is 0. The Bertz CT molecular complexity index is 366. The molecular formula is C26H48I2O3. The van der Waals surface area contributed by atoms with Crippen molar-refractivity contribution in [1.29, 1.82) is 0 Å². The van der Waals surface area contributed by atoms with Crippen LogP contribution in [0.4, 0.5) is 0 Å². The molecule has 31 heavy (non-hydrogen) atoms. The lowest BCUT2D eigenvalue weighted by atomic mass is 10.1. The van der Waals surface area contributed by atoms with Crippen molar-refractivity contribution in [2.45, 2.75) is 116 Å². The van der Waals surface area contributed by atoms with Gasteiger partial charge in [-0.15, -0.1) is 0 Å². The maximum Gasteiger partial charge on any atom is 0.161 e. The summed E-state index contributed by atoms with van der Waals surface area (Å²) in [6, 6.07) is 0. The standard InChI is InChI=1S/C26H48I2O3/c1-3-29-25(21-17-13-9-5-7-11-15-19-23-27)31-26(30-4-2)22-18-14-10-6-8-12-16-20-24-28/h9-10,13-14,25-26H,3-8,11-12,15-24H2,1-2H3. The molecule has 5 heteroatoms. The molecule has 0 aliphatic carbocycles. The second-order valence-corrected chi connectivity index (χ2v) is 9.94. The Kier molecular flexibility index (Phi) is 27.8. The number of halogens is 2. The normalized spacial score (nSPS) is 14.1. The van der Waals surface area contributed by atoms with Gasteiger partial charge in [0.15, 0.2) is 12.6 Å². The molecule has 0 aliphatic heterocycles. The number of alkyl halides is 2. The highest BCUT2D eigenvalue weighted by molar-refractivity contribution is 14.1. The molecule has 0 N–H and O–H groups in total. The Morgan fingerprint density at radius 1 is 0.548 bits per heavy atom. The van der Waals surface area contributed by atoms with E-state index >= 15 is 0 Å². The molecule has 184 valence electrons. The fraction of sp³-hybridized carbons (Fsp3) is 0.846. The summed E-state index contributed by atoms with van der Waals surface area (Å²) in [5, 5.41) is 0. The monoisotopic (exact) mass is 662 g/mol. The maximum atomic E-state index is 6.16. The summed E-state index contributed by atoms with van der Waals surface area (Å²) in [4.78, 5) is 0. The van der Waals surface area contributed by atoms with Crippen LogP contribution in [0.5, 0.6) is 0 Å². The van der Waals surface area contributed by atoms with E-state index in [1.54, 1.807) is 0 Å². The number of hydrogen-bond donors (Lipinski definition) is 0. The van der Waals surface area contributed by atoms with Crippen molar-refractivity contribution in [3.8, 4) is 0 Å². The topological polar surface area (TPSA) is 27.7 Å². The quantitative estimate of drug-likeness (QED) is 0.0339. The molecule has 0 spiro atoms. The Hall–Kier alpha value is 0.820. The van der Waals surface area contributed by atoms with Crippen LogP contribution < -0.4 is 0 Å². The highest BCUT2D eigenvalue weighted by atomic mass is 127. The fourth-order valence-electron chi connectivity index (χ4n) is 3.28. The first-order chi connectivity index (χ1) is 15.3. The van der Waals surface area contributed by atoms with Gasteiger partial charge < -0.3 is 14.2 Å². The lowest BCUT2D eigenvalue weighted by Crippen LogP contribution is -2.27. The molecule has 0 heterocycles. The van der Waals surface area contributed by atoms with Crippen molar-refractivity contribution in [1.82, 2.24) is 0 Å². The summed E-state index contributed by atoms with van der Waals surface area (Å²) < 4.78 is 20.4. The van der Waals surface area contributed by atoms with E-state index in [0.29, 0.717) is 13.2 Å². The highest BCUT2D eigenvalue weighted by Gasteiger charge is 2.16. The van der Waals surface area contributed by atoms with Crippen molar-refractivity contribution in [3.63, 3.8) is 0 Å². The molecule has 2 unspecified atom stereocenters. The number of hydrogen-bond acceptors (Lipinski definition) is 3. The van der Waals surface area contributed by atoms with Crippen LogP contribution in [0.1, 0.15) is 104 Å². The summed E-state index contributed by atoms with van der Waals surface area (Å²) in [7, 11) is 0. The van der Waals surface area contributed by atoms with Gasteiger partial charge >= 0.3 is 0 Å². The molecule has 0 saturated carbocycles. The van der Waals surface area contributed by atoms with E-state index in [2.05, 4.69) is 69.5 Å². The molecule has 0 aromatic heterocycles. The van der Waals surface area contributed by atoms with Crippen molar-refractivity contribution in [2.24, 2.45) is 0 Å². The minimum atomic E-state index is -0.184. The van der Waals surface area contributed by atoms with Crippen LogP contribution in [0.2, 0.25) is 0 Å². The second kappa shape index (κ2) is 27.1. The number of unbranched alkanes of at least 4 members (excludes halogenated alkanes) is 8. The molecular weight excluding hydrogens is 614 g/mol. The second-order valence-electron chi connectivity index (χ2n) is 7.79. The minimum absolute atomic E-state index is 0.184. The van der Waals surface area contributed by atoms with E-state index in [1.165, 1.54) is 73.1 Å². The summed E-state index contributed by atoms with van der Waals surface area (Å²) >= 11 is 4.92. The molecule has 0 saturated heterocycles. The largest absolute Gasteiger partial charge is 0.353 e. The molecule has 3 nitrogen and oxygen atoms in total. The van der Waals surface area contributed by atoms with E-state index < -0.39 is 0 Å². The van der Waals surface area contributed by atoms with E-state index in [4.69, 9.17) is 14.2 Å². The Morgan fingerprint density at radius 2 is 0.935 bits per heavy atom. The smallest absolute Gasteiger partial charge is 0.161 e. The van der Waals surface area contributed by atoms with Gasteiger partial charge in [0.1, 0.15) is 0 Å². The third-order valence-corrected chi connectivity index (χ3v) is 6.51.